The van der Waals surface area contributed by atoms with Gasteiger partial charge in [0.25, 0.3) is 5.24 Å². The molecule has 0 spiro atoms. The summed E-state index contributed by atoms with van der Waals surface area (Å²) in [5.41, 5.74) is 0.922. The summed E-state index contributed by atoms with van der Waals surface area (Å²) in [7, 11) is 0. The number of hydrogen-bond acceptors (Lipinski definition) is 2. The normalized spacial score (nSPS) is 17.7. The van der Waals surface area contributed by atoms with Crippen LogP contribution in [0.15, 0.2) is 23.1 Å². The highest BCUT2D eigenvalue weighted by atomic mass is 35.5. The molecule has 1 aliphatic rings. The maximum Gasteiger partial charge on any atom is 0.257 e. The van der Waals surface area contributed by atoms with Crippen LogP contribution in [-0.4, -0.2) is 9.81 Å². The minimum atomic E-state index is -0.806. The molecule has 1 aromatic heterocycles. The van der Waals surface area contributed by atoms with Gasteiger partial charge in [-0.3, -0.25) is 9.59 Å². The van der Waals surface area contributed by atoms with Gasteiger partial charge in [-0.25, -0.2) is 4.39 Å². The predicted molar refractivity (Wildman–Crippen MR) is 71.4 cm³/mol. The Bertz CT molecular complexity index is 766. The summed E-state index contributed by atoms with van der Waals surface area (Å²) in [6.07, 6.45) is 3.05. The summed E-state index contributed by atoms with van der Waals surface area (Å²) < 4.78 is 15.4. The molecular formula is C14H11ClFNO2. The van der Waals surface area contributed by atoms with E-state index in [0.717, 1.165) is 18.4 Å². The molecule has 0 saturated carbocycles. The Labute approximate surface area is 113 Å². The van der Waals surface area contributed by atoms with Crippen molar-refractivity contribution >= 4 is 27.7 Å². The fourth-order valence-corrected chi connectivity index (χ4v) is 2.86. The summed E-state index contributed by atoms with van der Waals surface area (Å²) in [4.78, 5) is 23.5. The molecular weight excluding hydrogens is 269 g/mol. The van der Waals surface area contributed by atoms with E-state index >= 15 is 0 Å². The third-order valence-electron chi connectivity index (χ3n) is 3.69. The number of halogens is 2. The van der Waals surface area contributed by atoms with Crippen molar-refractivity contribution in [3.05, 3.63) is 45.5 Å². The van der Waals surface area contributed by atoms with Gasteiger partial charge in [0, 0.05) is 17.6 Å². The van der Waals surface area contributed by atoms with Crippen molar-refractivity contribution < 1.29 is 9.18 Å². The standard InChI is InChI=1S/C14H11ClFNO2/c1-7-2-3-8-4-9(16)5-10-12(8)17(7)6-11(13(10)18)14(15)19/h4-7H,2-3H2,1H3. The average molecular weight is 280 g/mol. The number of pyridine rings is 1. The number of carbonyl (C=O) groups is 1. The van der Waals surface area contributed by atoms with Gasteiger partial charge < -0.3 is 4.57 Å². The highest BCUT2D eigenvalue weighted by molar-refractivity contribution is 6.67. The molecule has 2 aromatic rings. The Kier molecular flexibility index (Phi) is 2.71. The Hall–Kier alpha value is -1.68. The lowest BCUT2D eigenvalue weighted by Crippen LogP contribution is -2.22. The summed E-state index contributed by atoms with van der Waals surface area (Å²) in [6.45, 7) is 2.00. The Balaban J connectivity index is 2.53. The molecule has 0 saturated heterocycles. The zero-order valence-corrected chi connectivity index (χ0v) is 11.0. The van der Waals surface area contributed by atoms with Crippen LogP contribution in [0, 0.1) is 5.82 Å². The third-order valence-corrected chi connectivity index (χ3v) is 3.89. The monoisotopic (exact) mass is 279 g/mol. The largest absolute Gasteiger partial charge is 0.343 e. The second-order valence-electron chi connectivity index (χ2n) is 4.90. The van der Waals surface area contributed by atoms with Gasteiger partial charge in [0.1, 0.15) is 5.82 Å². The molecule has 0 radical (unpaired) electrons. The first-order valence-corrected chi connectivity index (χ1v) is 6.44. The average Bonchev–Trinajstić information content (AvgIpc) is 2.35. The first kappa shape index (κ1) is 12.4. The molecule has 3 rings (SSSR count). The second kappa shape index (κ2) is 4.17. The van der Waals surface area contributed by atoms with Gasteiger partial charge in [0.05, 0.1) is 11.1 Å². The van der Waals surface area contributed by atoms with Crippen LogP contribution in [-0.2, 0) is 6.42 Å². The minimum Gasteiger partial charge on any atom is -0.343 e. The molecule has 0 amide bonds. The van der Waals surface area contributed by atoms with E-state index in [1.165, 1.54) is 18.3 Å². The van der Waals surface area contributed by atoms with Gasteiger partial charge in [-0.05, 0) is 49.1 Å². The SMILES string of the molecule is CC1CCc2cc(F)cc3c(=O)c(C(=O)Cl)cn1c23. The summed E-state index contributed by atoms with van der Waals surface area (Å²) >= 11 is 5.44. The fourth-order valence-electron chi connectivity index (χ4n) is 2.72. The van der Waals surface area contributed by atoms with Gasteiger partial charge in [-0.1, -0.05) is 0 Å². The summed E-state index contributed by atoms with van der Waals surface area (Å²) in [5, 5.41) is -0.577. The highest BCUT2D eigenvalue weighted by Crippen LogP contribution is 2.30. The lowest BCUT2D eigenvalue weighted by molar-refractivity contribution is 0.108. The number of nitrogens with zero attached hydrogens (tertiary/aromatic N) is 1. The van der Waals surface area contributed by atoms with E-state index in [1.807, 2.05) is 11.5 Å². The van der Waals surface area contributed by atoms with Crippen LogP contribution >= 0.6 is 11.6 Å². The molecule has 98 valence electrons. The van der Waals surface area contributed by atoms with Gasteiger partial charge in [0.2, 0.25) is 5.43 Å². The molecule has 5 heteroatoms. The first-order valence-electron chi connectivity index (χ1n) is 6.06. The van der Waals surface area contributed by atoms with E-state index in [2.05, 4.69) is 0 Å². The number of aryl methyl sites for hydroxylation is 1. The van der Waals surface area contributed by atoms with Gasteiger partial charge >= 0.3 is 0 Å². The van der Waals surface area contributed by atoms with Crippen molar-refractivity contribution in [1.82, 2.24) is 4.57 Å². The minimum absolute atomic E-state index is 0.0977. The molecule has 0 aliphatic carbocycles. The van der Waals surface area contributed by atoms with Crippen LogP contribution in [0.3, 0.4) is 0 Å². The summed E-state index contributed by atoms with van der Waals surface area (Å²) in [5.74, 6) is -0.458. The van der Waals surface area contributed by atoms with Crippen LogP contribution in [0.1, 0.15) is 35.3 Å². The number of hydrogen-bond donors (Lipinski definition) is 0. The molecule has 0 bridgehead atoms. The smallest absolute Gasteiger partial charge is 0.257 e. The van der Waals surface area contributed by atoms with Gasteiger partial charge in [-0.15, -0.1) is 0 Å². The highest BCUT2D eigenvalue weighted by Gasteiger charge is 2.22. The van der Waals surface area contributed by atoms with Crippen molar-refractivity contribution in [3.8, 4) is 0 Å². The topological polar surface area (TPSA) is 39.1 Å². The van der Waals surface area contributed by atoms with Crippen LogP contribution in [0.5, 0.6) is 0 Å². The zero-order chi connectivity index (χ0) is 13.7. The van der Waals surface area contributed by atoms with Crippen molar-refractivity contribution in [2.24, 2.45) is 0 Å². The van der Waals surface area contributed by atoms with E-state index in [9.17, 15) is 14.0 Å². The Morgan fingerprint density at radius 2 is 2.21 bits per heavy atom. The van der Waals surface area contributed by atoms with Crippen molar-refractivity contribution in [3.63, 3.8) is 0 Å². The van der Waals surface area contributed by atoms with E-state index in [1.54, 1.807) is 0 Å². The maximum atomic E-state index is 13.6. The molecule has 19 heavy (non-hydrogen) atoms. The quantitative estimate of drug-likeness (QED) is 0.753. The van der Waals surface area contributed by atoms with E-state index in [0.29, 0.717) is 5.52 Å². The van der Waals surface area contributed by atoms with E-state index in [4.69, 9.17) is 11.6 Å². The molecule has 1 unspecified atom stereocenters. The maximum absolute atomic E-state index is 13.6. The Morgan fingerprint density at radius 3 is 2.89 bits per heavy atom. The van der Waals surface area contributed by atoms with Crippen molar-refractivity contribution in [1.29, 1.82) is 0 Å². The molecule has 1 atom stereocenters. The second-order valence-corrected chi connectivity index (χ2v) is 5.24. The van der Waals surface area contributed by atoms with E-state index < -0.39 is 16.5 Å². The van der Waals surface area contributed by atoms with Crippen LogP contribution in [0.2, 0.25) is 0 Å². The Morgan fingerprint density at radius 1 is 1.47 bits per heavy atom. The number of carbonyl (C=O) groups excluding carboxylic acids is 1. The fraction of sp³-hybridized carbons (Fsp3) is 0.286. The molecule has 1 aliphatic heterocycles. The van der Waals surface area contributed by atoms with Crippen molar-refractivity contribution in [2.45, 2.75) is 25.8 Å². The number of aromatic nitrogens is 1. The first-order chi connectivity index (χ1) is 8.99. The number of benzene rings is 1. The van der Waals surface area contributed by atoms with Crippen LogP contribution < -0.4 is 5.43 Å². The van der Waals surface area contributed by atoms with Crippen molar-refractivity contribution in [2.75, 3.05) is 0 Å². The summed E-state index contributed by atoms with van der Waals surface area (Å²) in [6, 6.07) is 2.78. The number of rotatable bonds is 1. The van der Waals surface area contributed by atoms with Gasteiger partial charge in [-0.2, -0.15) is 0 Å². The van der Waals surface area contributed by atoms with Gasteiger partial charge in [0.15, 0.2) is 0 Å². The lowest BCUT2D eigenvalue weighted by atomic mass is 9.96. The molecule has 2 heterocycles. The van der Waals surface area contributed by atoms with E-state index in [-0.39, 0.29) is 17.0 Å². The van der Waals surface area contributed by atoms with Crippen LogP contribution in [0.4, 0.5) is 4.39 Å². The predicted octanol–water partition coefficient (Wildman–Crippen LogP) is 3.03. The molecule has 0 N–H and O–H groups in total. The zero-order valence-electron chi connectivity index (χ0n) is 10.2. The molecule has 0 fully saturated rings. The van der Waals surface area contributed by atoms with Crippen LogP contribution in [0.25, 0.3) is 10.9 Å². The molecule has 1 aromatic carbocycles. The lowest BCUT2D eigenvalue weighted by Gasteiger charge is -2.26. The molecule has 3 nitrogen and oxygen atoms in total. The third kappa shape index (κ3) is 1.78.